The first-order valence-corrected chi connectivity index (χ1v) is 5.22. The summed E-state index contributed by atoms with van der Waals surface area (Å²) in [4.78, 5) is 15.9. The molecule has 2 fully saturated rings. The smallest absolute Gasteiger partial charge is 0.222 e. The highest BCUT2D eigenvalue weighted by Crippen LogP contribution is 2.22. The van der Waals surface area contributed by atoms with Gasteiger partial charge >= 0.3 is 0 Å². The van der Waals surface area contributed by atoms with Crippen LogP contribution in [-0.4, -0.2) is 47.4 Å². The van der Waals surface area contributed by atoms with Gasteiger partial charge in [0.05, 0.1) is 6.04 Å². The zero-order valence-electron chi connectivity index (χ0n) is 8.49. The third-order valence-corrected chi connectivity index (χ3v) is 3.17. The monoisotopic (exact) mass is 182 g/mol. The van der Waals surface area contributed by atoms with Crippen molar-refractivity contribution in [3.63, 3.8) is 0 Å². The van der Waals surface area contributed by atoms with E-state index in [1.807, 2.05) is 0 Å². The van der Waals surface area contributed by atoms with Crippen molar-refractivity contribution in [2.75, 3.05) is 19.6 Å². The van der Waals surface area contributed by atoms with Crippen LogP contribution >= 0.6 is 0 Å². The molecule has 2 aliphatic heterocycles. The summed E-state index contributed by atoms with van der Waals surface area (Å²) in [6, 6.07) is 1.16. The Kier molecular flexibility index (Phi) is 2.28. The minimum atomic E-state index is 0.369. The molecule has 0 N–H and O–H groups in total. The predicted octanol–water partition coefficient (Wildman–Crippen LogP) is 0.701. The Morgan fingerprint density at radius 3 is 2.54 bits per heavy atom. The third kappa shape index (κ3) is 1.57. The number of rotatable bonds is 2. The lowest BCUT2D eigenvalue weighted by Gasteiger charge is -2.46. The largest absolute Gasteiger partial charge is 0.337 e. The van der Waals surface area contributed by atoms with Crippen LogP contribution in [0.4, 0.5) is 0 Å². The van der Waals surface area contributed by atoms with E-state index in [1.165, 1.54) is 0 Å². The molecular formula is C10H18N2O. The average Bonchev–Trinajstić information content (AvgIpc) is 2.32. The number of carbonyl (C=O) groups excluding carboxylic acids is 1. The highest BCUT2D eigenvalue weighted by Gasteiger charge is 2.36. The molecule has 0 aliphatic carbocycles. The van der Waals surface area contributed by atoms with Gasteiger partial charge in [-0.15, -0.1) is 0 Å². The molecule has 0 unspecified atom stereocenters. The minimum absolute atomic E-state index is 0.369. The van der Waals surface area contributed by atoms with Crippen LogP contribution in [0.5, 0.6) is 0 Å². The SMILES string of the molecule is CC(C)N1CC(N2CCCC2=O)C1. The molecule has 3 nitrogen and oxygen atoms in total. The lowest BCUT2D eigenvalue weighted by molar-refractivity contribution is -0.133. The van der Waals surface area contributed by atoms with Crippen molar-refractivity contribution in [1.29, 1.82) is 0 Å². The summed E-state index contributed by atoms with van der Waals surface area (Å²) in [6.45, 7) is 7.59. The molecule has 2 saturated heterocycles. The van der Waals surface area contributed by atoms with Crippen LogP contribution in [-0.2, 0) is 4.79 Å². The summed E-state index contributed by atoms with van der Waals surface area (Å²) >= 11 is 0. The first kappa shape index (κ1) is 9.00. The van der Waals surface area contributed by atoms with Gasteiger partial charge in [0.1, 0.15) is 0 Å². The summed E-state index contributed by atoms with van der Waals surface area (Å²) in [6.07, 6.45) is 1.84. The molecule has 0 aromatic heterocycles. The molecule has 2 heterocycles. The Hall–Kier alpha value is -0.570. The van der Waals surface area contributed by atoms with Crippen molar-refractivity contribution in [2.45, 2.75) is 38.8 Å². The number of hydrogen-bond acceptors (Lipinski definition) is 2. The van der Waals surface area contributed by atoms with Gasteiger partial charge in [-0.3, -0.25) is 9.69 Å². The second-order valence-corrected chi connectivity index (χ2v) is 4.39. The van der Waals surface area contributed by atoms with Crippen molar-refractivity contribution < 1.29 is 4.79 Å². The van der Waals surface area contributed by atoms with E-state index in [2.05, 4.69) is 23.6 Å². The van der Waals surface area contributed by atoms with Crippen molar-refractivity contribution >= 4 is 5.91 Å². The van der Waals surface area contributed by atoms with Gasteiger partial charge in [0.2, 0.25) is 5.91 Å². The topological polar surface area (TPSA) is 23.6 Å². The van der Waals surface area contributed by atoms with Gasteiger partial charge in [-0.2, -0.15) is 0 Å². The zero-order chi connectivity index (χ0) is 9.42. The summed E-state index contributed by atoms with van der Waals surface area (Å²) in [5.41, 5.74) is 0. The summed E-state index contributed by atoms with van der Waals surface area (Å²) in [5, 5.41) is 0. The molecule has 0 aromatic carbocycles. The van der Waals surface area contributed by atoms with Gasteiger partial charge in [0.15, 0.2) is 0 Å². The minimum Gasteiger partial charge on any atom is -0.337 e. The van der Waals surface area contributed by atoms with Crippen LogP contribution in [0.1, 0.15) is 26.7 Å². The molecule has 3 heteroatoms. The Morgan fingerprint density at radius 2 is 2.08 bits per heavy atom. The summed E-state index contributed by atoms with van der Waals surface area (Å²) in [5.74, 6) is 0.369. The maximum atomic E-state index is 11.4. The number of likely N-dealkylation sites (tertiary alicyclic amines) is 2. The summed E-state index contributed by atoms with van der Waals surface area (Å²) in [7, 11) is 0. The molecule has 0 atom stereocenters. The highest BCUT2D eigenvalue weighted by atomic mass is 16.2. The Labute approximate surface area is 79.7 Å². The fraction of sp³-hybridized carbons (Fsp3) is 0.900. The van der Waals surface area contributed by atoms with Crippen LogP contribution < -0.4 is 0 Å². The van der Waals surface area contributed by atoms with Crippen LogP contribution in [0.2, 0.25) is 0 Å². The van der Waals surface area contributed by atoms with Gasteiger partial charge in [0, 0.05) is 32.1 Å². The Balaban J connectivity index is 1.82. The van der Waals surface area contributed by atoms with Crippen LogP contribution in [0.15, 0.2) is 0 Å². The van der Waals surface area contributed by atoms with E-state index < -0.39 is 0 Å². The van der Waals surface area contributed by atoms with E-state index in [0.29, 0.717) is 18.0 Å². The number of hydrogen-bond donors (Lipinski definition) is 0. The van der Waals surface area contributed by atoms with Crippen LogP contribution in [0.25, 0.3) is 0 Å². The lowest BCUT2D eigenvalue weighted by atomic mass is 10.1. The normalized spacial score (nSPS) is 25.8. The maximum Gasteiger partial charge on any atom is 0.222 e. The average molecular weight is 182 g/mol. The van der Waals surface area contributed by atoms with Crippen molar-refractivity contribution in [3.8, 4) is 0 Å². The van der Waals surface area contributed by atoms with Gasteiger partial charge in [-0.25, -0.2) is 0 Å². The van der Waals surface area contributed by atoms with E-state index in [1.54, 1.807) is 0 Å². The van der Waals surface area contributed by atoms with Crippen molar-refractivity contribution in [3.05, 3.63) is 0 Å². The van der Waals surface area contributed by atoms with Gasteiger partial charge in [-0.05, 0) is 20.3 Å². The highest BCUT2D eigenvalue weighted by molar-refractivity contribution is 5.78. The van der Waals surface area contributed by atoms with Gasteiger partial charge in [-0.1, -0.05) is 0 Å². The quantitative estimate of drug-likeness (QED) is 0.627. The molecular weight excluding hydrogens is 164 g/mol. The molecule has 0 radical (unpaired) electrons. The fourth-order valence-corrected chi connectivity index (χ4v) is 2.16. The standard InChI is InChI=1S/C10H18N2O/c1-8(2)11-6-9(7-11)12-5-3-4-10(12)13/h8-9H,3-7H2,1-2H3. The maximum absolute atomic E-state index is 11.4. The molecule has 0 aromatic rings. The predicted molar refractivity (Wildman–Crippen MR) is 51.4 cm³/mol. The molecule has 13 heavy (non-hydrogen) atoms. The van der Waals surface area contributed by atoms with Crippen molar-refractivity contribution in [2.24, 2.45) is 0 Å². The second kappa shape index (κ2) is 3.29. The molecule has 0 spiro atoms. The third-order valence-electron chi connectivity index (χ3n) is 3.17. The van der Waals surface area contributed by atoms with E-state index in [0.717, 1.165) is 32.5 Å². The van der Waals surface area contributed by atoms with E-state index >= 15 is 0 Å². The summed E-state index contributed by atoms with van der Waals surface area (Å²) < 4.78 is 0. The molecule has 0 saturated carbocycles. The second-order valence-electron chi connectivity index (χ2n) is 4.39. The lowest BCUT2D eigenvalue weighted by Crippen LogP contribution is -2.61. The fourth-order valence-electron chi connectivity index (χ4n) is 2.16. The Bertz CT molecular complexity index is 209. The van der Waals surface area contributed by atoms with E-state index in [-0.39, 0.29) is 0 Å². The number of amides is 1. The number of carbonyl (C=O) groups is 1. The van der Waals surface area contributed by atoms with Crippen molar-refractivity contribution in [1.82, 2.24) is 9.80 Å². The zero-order valence-corrected chi connectivity index (χ0v) is 8.49. The first-order chi connectivity index (χ1) is 6.18. The van der Waals surface area contributed by atoms with E-state index in [4.69, 9.17) is 0 Å². The first-order valence-electron chi connectivity index (χ1n) is 5.22. The Morgan fingerprint density at radius 1 is 1.38 bits per heavy atom. The van der Waals surface area contributed by atoms with E-state index in [9.17, 15) is 4.79 Å². The van der Waals surface area contributed by atoms with Crippen LogP contribution in [0.3, 0.4) is 0 Å². The molecule has 2 rings (SSSR count). The molecule has 0 bridgehead atoms. The van der Waals surface area contributed by atoms with Gasteiger partial charge in [0.25, 0.3) is 0 Å². The number of nitrogens with zero attached hydrogens (tertiary/aromatic N) is 2. The van der Waals surface area contributed by atoms with Crippen LogP contribution in [0, 0.1) is 0 Å². The van der Waals surface area contributed by atoms with Gasteiger partial charge < -0.3 is 4.90 Å². The molecule has 74 valence electrons. The molecule has 2 aliphatic rings. The molecule has 1 amide bonds.